The highest BCUT2D eigenvalue weighted by atomic mass is 16.2. The fraction of sp³-hybridized carbons (Fsp3) is 0.222. The third-order valence-electron chi connectivity index (χ3n) is 3.71. The van der Waals surface area contributed by atoms with Gasteiger partial charge in [0, 0.05) is 24.3 Å². The van der Waals surface area contributed by atoms with Gasteiger partial charge in [0.1, 0.15) is 0 Å². The number of fused-ring (bicyclic) bond motifs is 1. The zero-order valence-corrected chi connectivity index (χ0v) is 13.6. The van der Waals surface area contributed by atoms with Gasteiger partial charge in [-0.05, 0) is 31.5 Å². The van der Waals surface area contributed by atoms with Gasteiger partial charge in [-0.1, -0.05) is 24.3 Å². The molecule has 1 amide bonds. The Morgan fingerprint density at radius 2 is 1.92 bits per heavy atom. The summed E-state index contributed by atoms with van der Waals surface area (Å²) in [7, 11) is 0. The molecule has 3 rings (SSSR count). The standard InChI is InChI=1S/C18H18N4O2/c1-12(2)22-18(24)15-8-4-3-7-14(15)16(21-22)17(23)20-11-13-6-5-9-19-10-13/h3-10,12H,11H2,1-2H3,(H,20,23). The predicted octanol–water partition coefficient (Wildman–Crippen LogP) is 2.30. The number of carbonyl (C=O) groups is 1. The summed E-state index contributed by atoms with van der Waals surface area (Å²) in [5.74, 6) is -0.315. The van der Waals surface area contributed by atoms with Crippen LogP contribution in [-0.2, 0) is 6.54 Å². The Morgan fingerprint density at radius 3 is 2.58 bits per heavy atom. The summed E-state index contributed by atoms with van der Waals surface area (Å²) in [5.41, 5.74) is 0.958. The lowest BCUT2D eigenvalue weighted by Crippen LogP contribution is -2.31. The molecule has 1 aromatic carbocycles. The van der Waals surface area contributed by atoms with Gasteiger partial charge in [-0.2, -0.15) is 5.10 Å². The Hall–Kier alpha value is -3.02. The highest BCUT2D eigenvalue weighted by Crippen LogP contribution is 2.15. The van der Waals surface area contributed by atoms with Crippen molar-refractivity contribution >= 4 is 16.7 Å². The molecule has 0 saturated carbocycles. The quantitative estimate of drug-likeness (QED) is 0.799. The number of hydrogen-bond acceptors (Lipinski definition) is 4. The summed E-state index contributed by atoms with van der Waals surface area (Å²) < 4.78 is 1.35. The van der Waals surface area contributed by atoms with Gasteiger partial charge in [0.2, 0.25) is 0 Å². The summed E-state index contributed by atoms with van der Waals surface area (Å²) in [5, 5.41) is 8.18. The summed E-state index contributed by atoms with van der Waals surface area (Å²) in [4.78, 5) is 29.1. The van der Waals surface area contributed by atoms with Crippen molar-refractivity contribution in [2.75, 3.05) is 0 Å². The summed E-state index contributed by atoms with van der Waals surface area (Å²) in [6, 6.07) is 10.6. The van der Waals surface area contributed by atoms with Crippen molar-refractivity contribution in [3.63, 3.8) is 0 Å². The van der Waals surface area contributed by atoms with Crippen LogP contribution in [0.15, 0.2) is 53.6 Å². The van der Waals surface area contributed by atoms with E-state index in [9.17, 15) is 9.59 Å². The SMILES string of the molecule is CC(C)n1nc(C(=O)NCc2cccnc2)c2ccccc2c1=O. The third kappa shape index (κ3) is 3.03. The number of hydrogen-bond donors (Lipinski definition) is 1. The summed E-state index contributed by atoms with van der Waals surface area (Å²) >= 11 is 0. The molecular formula is C18H18N4O2. The fourth-order valence-electron chi connectivity index (χ4n) is 2.49. The molecule has 0 aliphatic rings. The Kier molecular flexibility index (Phi) is 4.37. The first kappa shape index (κ1) is 15.9. The molecule has 0 spiro atoms. The smallest absolute Gasteiger partial charge is 0.274 e. The first-order valence-electron chi connectivity index (χ1n) is 7.76. The fourth-order valence-corrected chi connectivity index (χ4v) is 2.49. The number of nitrogens with zero attached hydrogens (tertiary/aromatic N) is 3. The molecule has 0 aliphatic carbocycles. The van der Waals surface area contributed by atoms with Crippen LogP contribution in [-0.4, -0.2) is 20.7 Å². The van der Waals surface area contributed by atoms with E-state index >= 15 is 0 Å². The Morgan fingerprint density at radius 1 is 1.17 bits per heavy atom. The minimum Gasteiger partial charge on any atom is -0.346 e. The van der Waals surface area contributed by atoms with Crippen molar-refractivity contribution in [3.8, 4) is 0 Å². The lowest BCUT2D eigenvalue weighted by Gasteiger charge is -2.13. The molecule has 1 N–H and O–H groups in total. The second kappa shape index (κ2) is 6.62. The molecule has 2 aromatic heterocycles. The van der Waals surface area contributed by atoms with Crippen LogP contribution in [0.2, 0.25) is 0 Å². The van der Waals surface area contributed by atoms with Crippen LogP contribution in [0.25, 0.3) is 10.8 Å². The first-order valence-corrected chi connectivity index (χ1v) is 7.76. The maximum atomic E-state index is 12.6. The molecule has 0 unspecified atom stereocenters. The van der Waals surface area contributed by atoms with Crippen molar-refractivity contribution < 1.29 is 4.79 Å². The van der Waals surface area contributed by atoms with Crippen molar-refractivity contribution in [3.05, 3.63) is 70.4 Å². The molecule has 2 heterocycles. The number of aromatic nitrogens is 3. The second-order valence-corrected chi connectivity index (χ2v) is 5.78. The van der Waals surface area contributed by atoms with Gasteiger partial charge >= 0.3 is 0 Å². The number of benzene rings is 1. The summed E-state index contributed by atoms with van der Waals surface area (Å²) in [6.45, 7) is 4.07. The number of pyridine rings is 1. The molecule has 3 aromatic rings. The number of amides is 1. The Balaban J connectivity index is 2.00. The number of rotatable bonds is 4. The molecule has 24 heavy (non-hydrogen) atoms. The van der Waals surface area contributed by atoms with E-state index in [0.29, 0.717) is 17.3 Å². The molecule has 0 radical (unpaired) electrons. The van der Waals surface area contributed by atoms with Gasteiger partial charge in [-0.15, -0.1) is 0 Å². The van der Waals surface area contributed by atoms with Crippen LogP contribution in [0.4, 0.5) is 0 Å². The van der Waals surface area contributed by atoms with Gasteiger partial charge in [-0.3, -0.25) is 14.6 Å². The molecule has 122 valence electrons. The molecule has 0 bridgehead atoms. The third-order valence-corrected chi connectivity index (χ3v) is 3.71. The zero-order valence-electron chi connectivity index (χ0n) is 13.6. The van der Waals surface area contributed by atoms with Crippen LogP contribution < -0.4 is 10.9 Å². The Bertz CT molecular complexity index is 933. The van der Waals surface area contributed by atoms with Crippen LogP contribution in [0.3, 0.4) is 0 Å². The van der Waals surface area contributed by atoms with E-state index in [1.165, 1.54) is 4.68 Å². The minimum atomic E-state index is -0.315. The topological polar surface area (TPSA) is 76.9 Å². The normalized spacial score (nSPS) is 11.0. The molecule has 0 saturated heterocycles. The average molecular weight is 322 g/mol. The van der Waals surface area contributed by atoms with Crippen LogP contribution in [0, 0.1) is 0 Å². The molecule has 0 fully saturated rings. The second-order valence-electron chi connectivity index (χ2n) is 5.78. The van der Waals surface area contributed by atoms with Crippen LogP contribution in [0.5, 0.6) is 0 Å². The van der Waals surface area contributed by atoms with E-state index in [-0.39, 0.29) is 23.2 Å². The molecule has 6 nitrogen and oxygen atoms in total. The van der Waals surface area contributed by atoms with Crippen molar-refractivity contribution in [2.24, 2.45) is 0 Å². The van der Waals surface area contributed by atoms with Crippen molar-refractivity contribution in [1.29, 1.82) is 0 Å². The minimum absolute atomic E-state index is 0.132. The predicted molar refractivity (Wildman–Crippen MR) is 91.8 cm³/mol. The first-order chi connectivity index (χ1) is 11.6. The maximum Gasteiger partial charge on any atom is 0.274 e. The van der Waals surface area contributed by atoms with Crippen LogP contribution >= 0.6 is 0 Å². The monoisotopic (exact) mass is 322 g/mol. The van der Waals surface area contributed by atoms with Gasteiger partial charge in [0.05, 0.1) is 11.4 Å². The van der Waals surface area contributed by atoms with Gasteiger partial charge in [-0.25, -0.2) is 4.68 Å². The van der Waals surface area contributed by atoms with Crippen molar-refractivity contribution in [2.45, 2.75) is 26.4 Å². The van der Waals surface area contributed by atoms with E-state index in [4.69, 9.17) is 0 Å². The summed E-state index contributed by atoms with van der Waals surface area (Å²) in [6.07, 6.45) is 3.37. The molecule has 6 heteroatoms. The number of nitrogens with one attached hydrogen (secondary N) is 1. The molecular weight excluding hydrogens is 304 g/mol. The molecule has 0 atom stereocenters. The lowest BCUT2D eigenvalue weighted by molar-refractivity contribution is 0.0945. The lowest BCUT2D eigenvalue weighted by atomic mass is 10.1. The Labute approximate surface area is 139 Å². The average Bonchev–Trinajstić information content (AvgIpc) is 2.61. The van der Waals surface area contributed by atoms with E-state index in [2.05, 4.69) is 15.4 Å². The van der Waals surface area contributed by atoms with Gasteiger partial charge in [0.25, 0.3) is 11.5 Å². The highest BCUT2D eigenvalue weighted by molar-refractivity contribution is 6.04. The van der Waals surface area contributed by atoms with Gasteiger partial charge < -0.3 is 5.32 Å². The van der Waals surface area contributed by atoms with Crippen molar-refractivity contribution in [1.82, 2.24) is 20.1 Å². The zero-order chi connectivity index (χ0) is 17.1. The molecule has 0 aliphatic heterocycles. The van der Waals surface area contributed by atoms with E-state index < -0.39 is 0 Å². The number of carbonyl (C=O) groups excluding carboxylic acids is 1. The largest absolute Gasteiger partial charge is 0.346 e. The highest BCUT2D eigenvalue weighted by Gasteiger charge is 2.17. The van der Waals surface area contributed by atoms with Gasteiger partial charge in [0.15, 0.2) is 5.69 Å². The van der Waals surface area contributed by atoms with E-state index in [0.717, 1.165) is 5.56 Å². The van der Waals surface area contributed by atoms with E-state index in [1.54, 1.807) is 36.7 Å². The van der Waals surface area contributed by atoms with E-state index in [1.807, 2.05) is 26.0 Å². The van der Waals surface area contributed by atoms with Crippen LogP contribution in [0.1, 0.15) is 35.9 Å². The maximum absolute atomic E-state index is 12.6.